The van der Waals surface area contributed by atoms with Gasteiger partial charge in [-0.3, -0.25) is 13.9 Å². The van der Waals surface area contributed by atoms with E-state index in [2.05, 4.69) is 9.88 Å². The molecule has 3 aliphatic rings. The van der Waals surface area contributed by atoms with Crippen LogP contribution in [0, 0.1) is 0 Å². The van der Waals surface area contributed by atoms with E-state index in [1.54, 1.807) is 4.57 Å². The van der Waals surface area contributed by atoms with Gasteiger partial charge in [-0.15, -0.1) is 0 Å². The first-order chi connectivity index (χ1) is 12.1. The maximum atomic E-state index is 12.9. The van der Waals surface area contributed by atoms with Crippen LogP contribution in [0.4, 0.5) is 0 Å². The molecule has 0 aromatic carbocycles. The predicted octanol–water partition coefficient (Wildman–Crippen LogP) is 1.44. The van der Waals surface area contributed by atoms with Gasteiger partial charge in [-0.2, -0.15) is 0 Å². The van der Waals surface area contributed by atoms with Crippen molar-refractivity contribution in [1.82, 2.24) is 24.0 Å². The number of imidazole rings is 1. The Labute approximate surface area is 146 Å². The summed E-state index contributed by atoms with van der Waals surface area (Å²) in [6.45, 7) is 8.34. The smallest absolute Gasteiger partial charge is 0.332 e. The average Bonchev–Trinajstić information content (AvgIpc) is 3.10. The van der Waals surface area contributed by atoms with E-state index in [0.717, 1.165) is 57.6 Å². The van der Waals surface area contributed by atoms with Gasteiger partial charge in [0.25, 0.3) is 5.56 Å². The van der Waals surface area contributed by atoms with Crippen molar-refractivity contribution in [2.75, 3.05) is 19.6 Å². The van der Waals surface area contributed by atoms with Crippen LogP contribution in [0.1, 0.15) is 51.8 Å². The summed E-state index contributed by atoms with van der Waals surface area (Å²) >= 11 is 0. The highest BCUT2D eigenvalue weighted by atomic mass is 16.2. The zero-order chi connectivity index (χ0) is 17.6. The van der Waals surface area contributed by atoms with Crippen LogP contribution in [0.2, 0.25) is 0 Å². The molecule has 136 valence electrons. The minimum Gasteiger partial charge on any atom is -0.336 e. The lowest BCUT2D eigenvalue weighted by Gasteiger charge is -2.47. The van der Waals surface area contributed by atoms with E-state index in [-0.39, 0.29) is 16.7 Å². The number of rotatable bonds is 5. The minimum atomic E-state index is -0.227. The summed E-state index contributed by atoms with van der Waals surface area (Å²) < 4.78 is 3.04. The van der Waals surface area contributed by atoms with Crippen LogP contribution in [-0.4, -0.2) is 43.6 Å². The van der Waals surface area contributed by atoms with Crippen molar-refractivity contribution in [2.45, 2.75) is 64.5 Å². The quantitative estimate of drug-likeness (QED) is 0.890. The van der Waals surface area contributed by atoms with Gasteiger partial charge in [-0.05, 0) is 51.7 Å². The van der Waals surface area contributed by atoms with Crippen LogP contribution in [0.15, 0.2) is 9.59 Å². The molecule has 25 heavy (non-hydrogen) atoms. The minimum absolute atomic E-state index is 0.0445. The second kappa shape index (κ2) is 6.12. The maximum Gasteiger partial charge on any atom is 0.332 e. The molecule has 7 heteroatoms. The Morgan fingerprint density at radius 1 is 1.00 bits per heavy atom. The number of aromatic amines is 1. The molecule has 2 aromatic heterocycles. The Morgan fingerprint density at radius 2 is 1.60 bits per heavy atom. The molecule has 1 N–H and O–H groups in total. The highest BCUT2D eigenvalue weighted by Gasteiger charge is 2.43. The normalized spacial score (nSPS) is 25.8. The van der Waals surface area contributed by atoms with Crippen molar-refractivity contribution in [1.29, 1.82) is 0 Å². The van der Waals surface area contributed by atoms with Crippen LogP contribution in [-0.2, 0) is 18.5 Å². The third kappa shape index (κ3) is 2.47. The molecular weight excluding hydrogens is 318 g/mol. The van der Waals surface area contributed by atoms with Gasteiger partial charge in [0, 0.05) is 18.5 Å². The number of aryl methyl sites for hydroxylation is 1. The molecule has 0 radical (unpaired) electrons. The Kier molecular flexibility index (Phi) is 4.06. The van der Waals surface area contributed by atoms with E-state index in [1.807, 2.05) is 13.8 Å². The number of H-pyrrole nitrogens is 1. The zero-order valence-electron chi connectivity index (χ0n) is 15.2. The van der Waals surface area contributed by atoms with E-state index < -0.39 is 0 Å². The second-order valence-electron chi connectivity index (χ2n) is 7.55. The number of nitrogens with one attached hydrogen (secondary N) is 1. The summed E-state index contributed by atoms with van der Waals surface area (Å²) in [6, 6.07) is 0. The van der Waals surface area contributed by atoms with Crippen molar-refractivity contribution >= 4 is 11.2 Å². The van der Waals surface area contributed by atoms with Gasteiger partial charge in [0.05, 0.1) is 0 Å². The van der Waals surface area contributed by atoms with Gasteiger partial charge in [0.15, 0.2) is 5.65 Å². The topological polar surface area (TPSA) is 75.9 Å². The number of fused-ring (bicyclic) bond motifs is 4. The fourth-order valence-electron chi connectivity index (χ4n) is 4.45. The van der Waals surface area contributed by atoms with Crippen molar-refractivity contribution in [3.8, 4) is 0 Å². The first-order valence-electron chi connectivity index (χ1n) is 9.56. The summed E-state index contributed by atoms with van der Waals surface area (Å²) in [7, 11) is 0. The number of piperidine rings is 3. The lowest BCUT2D eigenvalue weighted by molar-refractivity contribution is 0.0770. The standard InChI is InChI=1S/C18H27N5O2/c1-3-8-22-14-13(15(24)23(9-4-2)17(22)25)19-16(20-14)18-5-10-21(11-6-18)12-7-18/h3-12H2,1-2H3,(H,19,20). The van der Waals surface area contributed by atoms with Crippen molar-refractivity contribution in [3.05, 3.63) is 26.7 Å². The Morgan fingerprint density at radius 3 is 2.20 bits per heavy atom. The summed E-state index contributed by atoms with van der Waals surface area (Å²) in [5, 5.41) is 0. The van der Waals surface area contributed by atoms with Crippen molar-refractivity contribution in [3.63, 3.8) is 0 Å². The first kappa shape index (κ1) is 16.6. The molecule has 0 atom stereocenters. The zero-order valence-corrected chi connectivity index (χ0v) is 15.2. The van der Waals surface area contributed by atoms with Gasteiger partial charge < -0.3 is 9.88 Å². The van der Waals surface area contributed by atoms with Gasteiger partial charge >= 0.3 is 5.69 Å². The number of hydrogen-bond acceptors (Lipinski definition) is 4. The Balaban J connectivity index is 1.92. The molecule has 3 saturated heterocycles. The van der Waals surface area contributed by atoms with E-state index >= 15 is 0 Å². The average molecular weight is 345 g/mol. The monoisotopic (exact) mass is 345 g/mol. The Bertz CT molecular complexity index is 885. The largest absolute Gasteiger partial charge is 0.336 e. The third-order valence-electron chi connectivity index (χ3n) is 5.98. The predicted molar refractivity (Wildman–Crippen MR) is 97.2 cm³/mol. The second-order valence-corrected chi connectivity index (χ2v) is 7.55. The molecule has 5 heterocycles. The van der Waals surface area contributed by atoms with Gasteiger partial charge in [0.2, 0.25) is 0 Å². The fraction of sp³-hybridized carbons (Fsp3) is 0.722. The summed E-state index contributed by atoms with van der Waals surface area (Å²) in [5.41, 5.74) is 0.636. The van der Waals surface area contributed by atoms with Crippen LogP contribution in [0.25, 0.3) is 11.2 Å². The summed E-state index contributed by atoms with van der Waals surface area (Å²) in [4.78, 5) is 36.3. The summed E-state index contributed by atoms with van der Waals surface area (Å²) in [5.74, 6) is 0.914. The molecule has 0 saturated carbocycles. The molecule has 0 aliphatic carbocycles. The van der Waals surface area contributed by atoms with Crippen molar-refractivity contribution < 1.29 is 0 Å². The van der Waals surface area contributed by atoms with E-state index in [9.17, 15) is 9.59 Å². The lowest BCUT2D eigenvalue weighted by atomic mass is 9.71. The maximum absolute atomic E-state index is 12.9. The highest BCUT2D eigenvalue weighted by molar-refractivity contribution is 5.70. The van der Waals surface area contributed by atoms with Gasteiger partial charge in [-0.1, -0.05) is 13.8 Å². The molecule has 7 nitrogen and oxygen atoms in total. The molecule has 5 rings (SSSR count). The van der Waals surface area contributed by atoms with Gasteiger partial charge in [0.1, 0.15) is 11.3 Å². The number of aromatic nitrogens is 4. The summed E-state index contributed by atoms with van der Waals surface area (Å²) in [6.07, 6.45) is 4.82. The van der Waals surface area contributed by atoms with Crippen molar-refractivity contribution in [2.24, 2.45) is 0 Å². The molecule has 0 spiro atoms. The fourth-order valence-corrected chi connectivity index (χ4v) is 4.45. The molecule has 0 amide bonds. The molecule has 0 unspecified atom stereocenters. The number of hydrogen-bond donors (Lipinski definition) is 1. The van der Waals surface area contributed by atoms with Gasteiger partial charge in [-0.25, -0.2) is 9.78 Å². The van der Waals surface area contributed by atoms with Crippen LogP contribution in [0.5, 0.6) is 0 Å². The van der Waals surface area contributed by atoms with Crippen LogP contribution < -0.4 is 11.2 Å². The molecule has 3 aliphatic heterocycles. The Hall–Kier alpha value is -1.89. The number of nitrogens with zero attached hydrogens (tertiary/aromatic N) is 4. The molecular formula is C18H27N5O2. The third-order valence-corrected chi connectivity index (χ3v) is 5.98. The SMILES string of the molecule is CCCn1c(=O)c2[nH]c(C34CCN(CC3)CC4)nc2n(CCC)c1=O. The first-order valence-corrected chi connectivity index (χ1v) is 9.56. The van der Waals surface area contributed by atoms with Crippen LogP contribution in [0.3, 0.4) is 0 Å². The highest BCUT2D eigenvalue weighted by Crippen LogP contribution is 2.41. The molecule has 3 fully saturated rings. The van der Waals surface area contributed by atoms with E-state index in [1.165, 1.54) is 4.57 Å². The van der Waals surface area contributed by atoms with E-state index in [4.69, 9.17) is 4.98 Å². The molecule has 2 aromatic rings. The lowest BCUT2D eigenvalue weighted by Crippen LogP contribution is -2.51. The van der Waals surface area contributed by atoms with E-state index in [0.29, 0.717) is 24.3 Å². The molecule has 2 bridgehead atoms. The van der Waals surface area contributed by atoms with Crippen LogP contribution >= 0.6 is 0 Å².